The molecule has 1 atom stereocenters. The molecule has 0 radical (unpaired) electrons. The number of methoxy groups -OCH3 is 1. The number of esters is 1. The van der Waals surface area contributed by atoms with Crippen molar-refractivity contribution >= 4 is 11.9 Å². The van der Waals surface area contributed by atoms with Gasteiger partial charge >= 0.3 is 5.97 Å². The van der Waals surface area contributed by atoms with Crippen molar-refractivity contribution in [1.29, 1.82) is 0 Å². The lowest BCUT2D eigenvalue weighted by Crippen LogP contribution is -2.59. The molecule has 0 aromatic rings. The molecule has 0 aromatic carbocycles. The highest BCUT2D eigenvalue weighted by molar-refractivity contribution is 5.90. The third-order valence-electron chi connectivity index (χ3n) is 4.00. The molecule has 1 fully saturated rings. The summed E-state index contributed by atoms with van der Waals surface area (Å²) in [7, 11) is 1.36. The monoisotopic (exact) mass is 270 g/mol. The molecule has 0 aliphatic heterocycles. The standard InChI is InChI=1S/C14H26N2O3/c1-4-5-11(15)12(17)16-14(13(18)19-3)8-6-10(2)7-9-14/h10-11H,4-9,15H2,1-3H3,(H,16,17). The first-order chi connectivity index (χ1) is 8.95. The fraction of sp³-hybridized carbons (Fsp3) is 0.857. The van der Waals surface area contributed by atoms with Gasteiger partial charge in [-0.2, -0.15) is 0 Å². The fourth-order valence-corrected chi connectivity index (χ4v) is 2.60. The van der Waals surface area contributed by atoms with Crippen LogP contribution in [0.2, 0.25) is 0 Å². The van der Waals surface area contributed by atoms with Crippen molar-refractivity contribution in [3.05, 3.63) is 0 Å². The van der Waals surface area contributed by atoms with Gasteiger partial charge in [-0.15, -0.1) is 0 Å². The topological polar surface area (TPSA) is 81.4 Å². The Morgan fingerprint density at radius 3 is 2.47 bits per heavy atom. The van der Waals surface area contributed by atoms with Crippen molar-refractivity contribution in [1.82, 2.24) is 5.32 Å². The minimum atomic E-state index is -0.871. The van der Waals surface area contributed by atoms with Crippen LogP contribution in [0.1, 0.15) is 52.4 Å². The summed E-state index contributed by atoms with van der Waals surface area (Å²) in [6, 6.07) is -0.550. The Kier molecular flexibility index (Phi) is 5.79. The summed E-state index contributed by atoms with van der Waals surface area (Å²) in [6.07, 6.45) is 4.56. The molecule has 1 amide bonds. The van der Waals surface area contributed by atoms with Crippen molar-refractivity contribution in [2.45, 2.75) is 64.0 Å². The van der Waals surface area contributed by atoms with E-state index >= 15 is 0 Å². The molecular formula is C14H26N2O3. The van der Waals surface area contributed by atoms with Crippen molar-refractivity contribution in [3.63, 3.8) is 0 Å². The van der Waals surface area contributed by atoms with Crippen LogP contribution in [0.4, 0.5) is 0 Å². The van der Waals surface area contributed by atoms with Gasteiger partial charge in [-0.1, -0.05) is 20.3 Å². The summed E-state index contributed by atoms with van der Waals surface area (Å²) in [5.74, 6) is -0.0164. The van der Waals surface area contributed by atoms with E-state index in [0.717, 1.165) is 19.3 Å². The Hall–Kier alpha value is -1.10. The van der Waals surface area contributed by atoms with Crippen LogP contribution in [0.3, 0.4) is 0 Å². The van der Waals surface area contributed by atoms with Gasteiger partial charge in [-0.3, -0.25) is 4.79 Å². The third kappa shape index (κ3) is 3.93. The van der Waals surface area contributed by atoms with Crippen LogP contribution in [0.5, 0.6) is 0 Å². The minimum absolute atomic E-state index is 0.248. The second-order valence-corrected chi connectivity index (χ2v) is 5.64. The molecule has 0 aromatic heterocycles. The predicted octanol–water partition coefficient (Wildman–Crippen LogP) is 1.35. The number of rotatable bonds is 5. The second kappa shape index (κ2) is 6.89. The van der Waals surface area contributed by atoms with Gasteiger partial charge in [0.15, 0.2) is 0 Å². The zero-order valence-electron chi connectivity index (χ0n) is 12.2. The van der Waals surface area contributed by atoms with Gasteiger partial charge in [0.05, 0.1) is 13.2 Å². The fourth-order valence-electron chi connectivity index (χ4n) is 2.60. The van der Waals surface area contributed by atoms with Gasteiger partial charge in [0.2, 0.25) is 5.91 Å². The maximum atomic E-state index is 12.1. The van der Waals surface area contributed by atoms with Gasteiger partial charge in [0, 0.05) is 0 Å². The summed E-state index contributed by atoms with van der Waals surface area (Å²) < 4.78 is 4.87. The van der Waals surface area contributed by atoms with Crippen LogP contribution in [0.25, 0.3) is 0 Å². The number of nitrogens with two attached hydrogens (primary N) is 1. The molecule has 0 heterocycles. The van der Waals surface area contributed by atoms with E-state index in [9.17, 15) is 9.59 Å². The van der Waals surface area contributed by atoms with Crippen molar-refractivity contribution in [2.75, 3.05) is 7.11 Å². The lowest BCUT2D eigenvalue weighted by atomic mass is 9.77. The molecule has 1 unspecified atom stereocenters. The molecule has 5 nitrogen and oxygen atoms in total. The number of amides is 1. The molecule has 19 heavy (non-hydrogen) atoms. The maximum Gasteiger partial charge on any atom is 0.331 e. The van der Waals surface area contributed by atoms with E-state index in [0.29, 0.717) is 25.2 Å². The predicted molar refractivity (Wildman–Crippen MR) is 73.4 cm³/mol. The number of ether oxygens (including phenoxy) is 1. The molecule has 1 saturated carbocycles. The highest BCUT2D eigenvalue weighted by atomic mass is 16.5. The van der Waals surface area contributed by atoms with E-state index in [4.69, 9.17) is 10.5 Å². The normalized spacial score (nSPS) is 28.5. The van der Waals surface area contributed by atoms with Gasteiger partial charge in [0.1, 0.15) is 5.54 Å². The number of nitrogens with one attached hydrogen (secondary N) is 1. The molecule has 1 rings (SSSR count). The lowest BCUT2D eigenvalue weighted by Gasteiger charge is -2.38. The van der Waals surface area contributed by atoms with E-state index in [1.54, 1.807) is 0 Å². The summed E-state index contributed by atoms with van der Waals surface area (Å²) in [6.45, 7) is 4.14. The molecule has 0 saturated heterocycles. The SMILES string of the molecule is CCCC(N)C(=O)NC1(C(=O)OC)CCC(C)CC1. The maximum absolute atomic E-state index is 12.1. The van der Waals surface area contributed by atoms with Crippen LogP contribution >= 0.6 is 0 Å². The zero-order chi connectivity index (χ0) is 14.5. The molecule has 5 heteroatoms. The quantitative estimate of drug-likeness (QED) is 0.739. The van der Waals surface area contributed by atoms with Crippen LogP contribution in [0.15, 0.2) is 0 Å². The average molecular weight is 270 g/mol. The van der Waals surface area contributed by atoms with Crippen LogP contribution < -0.4 is 11.1 Å². The Morgan fingerprint density at radius 1 is 1.42 bits per heavy atom. The Bertz CT molecular complexity index is 323. The molecule has 1 aliphatic carbocycles. The van der Waals surface area contributed by atoms with Crippen LogP contribution in [-0.4, -0.2) is 30.6 Å². The minimum Gasteiger partial charge on any atom is -0.467 e. The molecule has 0 spiro atoms. The summed E-state index contributed by atoms with van der Waals surface area (Å²) in [4.78, 5) is 24.1. The Labute approximate surface area is 115 Å². The van der Waals surface area contributed by atoms with Crippen LogP contribution in [0, 0.1) is 5.92 Å². The highest BCUT2D eigenvalue weighted by Crippen LogP contribution is 2.33. The first-order valence-electron chi connectivity index (χ1n) is 7.11. The van der Waals surface area contributed by atoms with E-state index in [1.165, 1.54) is 7.11 Å². The van der Waals surface area contributed by atoms with Gasteiger partial charge in [-0.05, 0) is 38.0 Å². The number of hydrogen-bond donors (Lipinski definition) is 2. The number of carbonyl (C=O) groups excluding carboxylic acids is 2. The Balaban J connectivity index is 2.75. The number of carbonyl (C=O) groups is 2. The van der Waals surface area contributed by atoms with Gasteiger partial charge in [-0.25, -0.2) is 4.79 Å². The third-order valence-corrected chi connectivity index (χ3v) is 4.00. The second-order valence-electron chi connectivity index (χ2n) is 5.64. The smallest absolute Gasteiger partial charge is 0.331 e. The first-order valence-corrected chi connectivity index (χ1v) is 7.11. The van der Waals surface area contributed by atoms with Crippen molar-refractivity contribution in [3.8, 4) is 0 Å². The van der Waals surface area contributed by atoms with Gasteiger partial charge < -0.3 is 15.8 Å². The molecule has 0 bridgehead atoms. The van der Waals surface area contributed by atoms with E-state index < -0.39 is 11.6 Å². The molecule has 110 valence electrons. The molecule has 1 aliphatic rings. The summed E-state index contributed by atoms with van der Waals surface area (Å²) >= 11 is 0. The first kappa shape index (κ1) is 16.0. The van der Waals surface area contributed by atoms with Crippen molar-refractivity contribution < 1.29 is 14.3 Å². The van der Waals surface area contributed by atoms with E-state index in [-0.39, 0.29) is 11.9 Å². The summed E-state index contributed by atoms with van der Waals surface area (Å²) in [5, 5.41) is 2.85. The van der Waals surface area contributed by atoms with Gasteiger partial charge in [0.25, 0.3) is 0 Å². The van der Waals surface area contributed by atoms with Crippen LogP contribution in [-0.2, 0) is 14.3 Å². The average Bonchev–Trinajstić information content (AvgIpc) is 2.40. The largest absolute Gasteiger partial charge is 0.467 e. The molecular weight excluding hydrogens is 244 g/mol. The van der Waals surface area contributed by atoms with Crippen molar-refractivity contribution in [2.24, 2.45) is 11.7 Å². The highest BCUT2D eigenvalue weighted by Gasteiger charge is 2.43. The van der Waals surface area contributed by atoms with E-state index in [2.05, 4.69) is 12.2 Å². The Morgan fingerprint density at radius 2 is 2.00 bits per heavy atom. The van der Waals surface area contributed by atoms with E-state index in [1.807, 2.05) is 6.92 Å². The lowest BCUT2D eigenvalue weighted by molar-refractivity contribution is -0.153. The zero-order valence-corrected chi connectivity index (χ0v) is 12.2. The number of hydrogen-bond acceptors (Lipinski definition) is 4. The molecule has 3 N–H and O–H groups in total. The summed E-state index contributed by atoms with van der Waals surface area (Å²) in [5.41, 5.74) is 4.94.